The molecule has 0 aromatic heterocycles. The Hall–Kier alpha value is -0.920. The molecule has 2 nitrogen and oxygen atoms in total. The summed E-state index contributed by atoms with van der Waals surface area (Å²) in [6.07, 6.45) is 5.57. The molecule has 1 rings (SSSR count). The van der Waals surface area contributed by atoms with Crippen LogP contribution in [0.4, 0.5) is 0 Å². The molecule has 0 saturated carbocycles. The summed E-state index contributed by atoms with van der Waals surface area (Å²) < 4.78 is 0. The van der Waals surface area contributed by atoms with Crippen molar-refractivity contribution < 1.29 is 0 Å². The van der Waals surface area contributed by atoms with Gasteiger partial charge in [0.2, 0.25) is 0 Å². The standard InChI is InChI=1S/C11H18N2/c1-3-11(13)9-5-4-8(2)6-10(12)7-9/h5,8,12-13H,3-4,6-7H2,1-2H3/t8-/m0/s1. The molecule has 0 fully saturated rings. The second-order valence-corrected chi connectivity index (χ2v) is 3.89. The maximum atomic E-state index is 7.72. The average molecular weight is 178 g/mol. The van der Waals surface area contributed by atoms with Crippen molar-refractivity contribution in [3.05, 3.63) is 11.6 Å². The fourth-order valence-electron chi connectivity index (χ4n) is 1.68. The van der Waals surface area contributed by atoms with Gasteiger partial charge in [0.05, 0.1) is 0 Å². The van der Waals surface area contributed by atoms with Crippen LogP contribution in [-0.2, 0) is 0 Å². The minimum Gasteiger partial charge on any atom is -0.309 e. The molecule has 0 aromatic rings. The van der Waals surface area contributed by atoms with E-state index in [0.29, 0.717) is 18.1 Å². The Balaban J connectivity index is 2.73. The van der Waals surface area contributed by atoms with E-state index in [9.17, 15) is 0 Å². The van der Waals surface area contributed by atoms with Gasteiger partial charge in [0.1, 0.15) is 0 Å². The van der Waals surface area contributed by atoms with Gasteiger partial charge in [-0.1, -0.05) is 19.9 Å². The molecular formula is C11H18N2. The maximum Gasteiger partial charge on any atom is 0.0343 e. The summed E-state index contributed by atoms with van der Waals surface area (Å²) in [5.41, 5.74) is 2.57. The number of hydrogen-bond donors (Lipinski definition) is 2. The minimum atomic E-state index is 0.578. The Morgan fingerprint density at radius 1 is 1.62 bits per heavy atom. The SMILES string of the molecule is CCC(=N)C1=CC[C@H](C)CC(=N)C1. The first-order valence-electron chi connectivity index (χ1n) is 4.96. The molecule has 0 heterocycles. The average Bonchev–Trinajstić information content (AvgIpc) is 2.25. The third kappa shape index (κ3) is 2.79. The van der Waals surface area contributed by atoms with Gasteiger partial charge in [0.25, 0.3) is 0 Å². The Bertz CT molecular complexity index is 251. The highest BCUT2D eigenvalue weighted by molar-refractivity contribution is 6.02. The third-order valence-corrected chi connectivity index (χ3v) is 2.51. The summed E-state index contributed by atoms with van der Waals surface area (Å²) in [5, 5.41) is 15.4. The van der Waals surface area contributed by atoms with E-state index in [1.54, 1.807) is 0 Å². The van der Waals surface area contributed by atoms with Crippen molar-refractivity contribution in [2.45, 2.75) is 39.5 Å². The zero-order chi connectivity index (χ0) is 9.84. The van der Waals surface area contributed by atoms with Crippen molar-refractivity contribution in [2.24, 2.45) is 5.92 Å². The topological polar surface area (TPSA) is 47.7 Å². The van der Waals surface area contributed by atoms with E-state index in [2.05, 4.69) is 13.0 Å². The molecule has 2 N–H and O–H groups in total. The second-order valence-electron chi connectivity index (χ2n) is 3.89. The van der Waals surface area contributed by atoms with Gasteiger partial charge in [-0.3, -0.25) is 0 Å². The summed E-state index contributed by atoms with van der Waals surface area (Å²) in [5.74, 6) is 0.578. The maximum absolute atomic E-state index is 7.72. The van der Waals surface area contributed by atoms with Gasteiger partial charge in [0.15, 0.2) is 0 Å². The normalized spacial score (nSPS) is 23.7. The van der Waals surface area contributed by atoms with E-state index in [0.717, 1.165) is 30.5 Å². The number of hydrogen-bond acceptors (Lipinski definition) is 2. The molecular weight excluding hydrogens is 160 g/mol. The van der Waals surface area contributed by atoms with E-state index in [1.807, 2.05) is 6.92 Å². The number of allylic oxidation sites excluding steroid dienone is 2. The monoisotopic (exact) mass is 178 g/mol. The van der Waals surface area contributed by atoms with Crippen LogP contribution in [0.3, 0.4) is 0 Å². The minimum absolute atomic E-state index is 0.578. The van der Waals surface area contributed by atoms with Gasteiger partial charge in [0, 0.05) is 17.8 Å². The van der Waals surface area contributed by atoms with Gasteiger partial charge in [-0.05, 0) is 30.8 Å². The zero-order valence-corrected chi connectivity index (χ0v) is 8.48. The van der Waals surface area contributed by atoms with Gasteiger partial charge in [-0.2, -0.15) is 0 Å². The Labute approximate surface area is 80.1 Å². The van der Waals surface area contributed by atoms with Crippen molar-refractivity contribution in [3.63, 3.8) is 0 Å². The lowest BCUT2D eigenvalue weighted by molar-refractivity contribution is 0.621. The van der Waals surface area contributed by atoms with Crippen LogP contribution in [0.15, 0.2) is 11.6 Å². The van der Waals surface area contributed by atoms with Gasteiger partial charge < -0.3 is 10.8 Å². The highest BCUT2D eigenvalue weighted by atomic mass is 14.5. The Morgan fingerprint density at radius 2 is 2.31 bits per heavy atom. The molecule has 0 aromatic carbocycles. The predicted octanol–water partition coefficient (Wildman–Crippen LogP) is 3.18. The van der Waals surface area contributed by atoms with Gasteiger partial charge in [-0.25, -0.2) is 0 Å². The number of nitrogens with one attached hydrogen (secondary N) is 2. The molecule has 0 amide bonds. The van der Waals surface area contributed by atoms with Crippen LogP contribution in [0, 0.1) is 16.7 Å². The third-order valence-electron chi connectivity index (χ3n) is 2.51. The predicted molar refractivity (Wildman–Crippen MR) is 56.8 cm³/mol. The molecule has 0 radical (unpaired) electrons. The Morgan fingerprint density at radius 3 is 2.92 bits per heavy atom. The quantitative estimate of drug-likeness (QED) is 0.610. The summed E-state index contributed by atoms with van der Waals surface area (Å²) in [7, 11) is 0. The van der Waals surface area contributed by atoms with Gasteiger partial charge >= 0.3 is 0 Å². The van der Waals surface area contributed by atoms with Crippen LogP contribution in [0.1, 0.15) is 39.5 Å². The van der Waals surface area contributed by atoms with Crippen molar-refractivity contribution in [1.82, 2.24) is 0 Å². The first-order chi connectivity index (χ1) is 6.13. The van der Waals surface area contributed by atoms with Crippen molar-refractivity contribution in [1.29, 1.82) is 10.8 Å². The van der Waals surface area contributed by atoms with Crippen LogP contribution >= 0.6 is 0 Å². The van der Waals surface area contributed by atoms with E-state index in [4.69, 9.17) is 10.8 Å². The smallest absolute Gasteiger partial charge is 0.0343 e. The number of rotatable bonds is 2. The van der Waals surface area contributed by atoms with Gasteiger partial charge in [-0.15, -0.1) is 0 Å². The summed E-state index contributed by atoms with van der Waals surface area (Å²) in [6.45, 7) is 4.17. The fraction of sp³-hybridized carbons (Fsp3) is 0.636. The summed E-state index contributed by atoms with van der Waals surface area (Å²) >= 11 is 0. The lowest BCUT2D eigenvalue weighted by Gasteiger charge is -2.05. The molecule has 0 bridgehead atoms. The van der Waals surface area contributed by atoms with Crippen molar-refractivity contribution in [3.8, 4) is 0 Å². The molecule has 1 aliphatic carbocycles. The first-order valence-corrected chi connectivity index (χ1v) is 4.96. The van der Waals surface area contributed by atoms with E-state index < -0.39 is 0 Å². The molecule has 72 valence electrons. The van der Waals surface area contributed by atoms with Crippen LogP contribution in [0.25, 0.3) is 0 Å². The first kappa shape index (κ1) is 10.2. The molecule has 1 atom stereocenters. The lowest BCUT2D eigenvalue weighted by Crippen LogP contribution is -2.05. The molecule has 0 spiro atoms. The largest absolute Gasteiger partial charge is 0.309 e. The molecule has 2 heteroatoms. The van der Waals surface area contributed by atoms with Crippen molar-refractivity contribution >= 4 is 11.4 Å². The Kier molecular flexibility index (Phi) is 3.40. The van der Waals surface area contributed by atoms with Crippen LogP contribution in [-0.4, -0.2) is 11.4 Å². The molecule has 0 aliphatic heterocycles. The van der Waals surface area contributed by atoms with Crippen LogP contribution < -0.4 is 0 Å². The highest BCUT2D eigenvalue weighted by Gasteiger charge is 2.14. The van der Waals surface area contributed by atoms with E-state index in [-0.39, 0.29) is 0 Å². The second kappa shape index (κ2) is 4.35. The lowest BCUT2D eigenvalue weighted by atomic mass is 10.0. The fourth-order valence-corrected chi connectivity index (χ4v) is 1.68. The van der Waals surface area contributed by atoms with Crippen LogP contribution in [0.2, 0.25) is 0 Å². The van der Waals surface area contributed by atoms with E-state index in [1.165, 1.54) is 0 Å². The van der Waals surface area contributed by atoms with E-state index >= 15 is 0 Å². The van der Waals surface area contributed by atoms with Crippen molar-refractivity contribution in [2.75, 3.05) is 0 Å². The molecule has 0 unspecified atom stereocenters. The molecule has 0 saturated heterocycles. The highest BCUT2D eigenvalue weighted by Crippen LogP contribution is 2.21. The zero-order valence-electron chi connectivity index (χ0n) is 8.48. The summed E-state index contributed by atoms with van der Waals surface area (Å²) in [6, 6.07) is 0. The molecule has 1 aliphatic rings. The van der Waals surface area contributed by atoms with Crippen LogP contribution in [0.5, 0.6) is 0 Å². The summed E-state index contributed by atoms with van der Waals surface area (Å²) in [4.78, 5) is 0. The molecule has 13 heavy (non-hydrogen) atoms.